The molecule has 2 aromatic rings. The van der Waals surface area contributed by atoms with E-state index < -0.39 is 5.82 Å². The predicted molar refractivity (Wildman–Crippen MR) is 137 cm³/mol. The van der Waals surface area contributed by atoms with Crippen LogP contribution in [-0.2, 0) is 15.3 Å². The number of rotatable bonds is 8. The molecule has 0 bridgehead atoms. The highest BCUT2D eigenvalue weighted by Gasteiger charge is 2.37. The van der Waals surface area contributed by atoms with Crippen LogP contribution in [0.3, 0.4) is 0 Å². The van der Waals surface area contributed by atoms with Crippen molar-refractivity contribution in [2.75, 3.05) is 52.2 Å². The zero-order chi connectivity index (χ0) is 25.7. The van der Waals surface area contributed by atoms with Gasteiger partial charge >= 0.3 is 0 Å². The Morgan fingerprint density at radius 3 is 2.69 bits per heavy atom. The molecular formula is C25H35FN6O3S. The Bertz CT molecular complexity index is 1060. The van der Waals surface area contributed by atoms with Crippen LogP contribution in [0.4, 0.5) is 4.39 Å². The number of halogens is 1. The van der Waals surface area contributed by atoms with E-state index in [-0.39, 0.29) is 41.1 Å². The Balaban J connectivity index is 1.60. The van der Waals surface area contributed by atoms with Crippen molar-refractivity contribution in [3.05, 3.63) is 41.5 Å². The number of hydrogen-bond donors (Lipinski definition) is 1. The monoisotopic (exact) mass is 518 g/mol. The molecule has 0 radical (unpaired) electrons. The lowest BCUT2D eigenvalue weighted by atomic mass is 9.92. The summed E-state index contributed by atoms with van der Waals surface area (Å²) in [5.74, 6) is -0.0794. The second-order valence-corrected chi connectivity index (χ2v) is 10.6. The normalized spacial score (nSPS) is 20.5. The molecule has 0 unspecified atom stereocenters. The van der Waals surface area contributed by atoms with E-state index in [1.165, 1.54) is 22.5 Å². The summed E-state index contributed by atoms with van der Waals surface area (Å²) in [4.78, 5) is 30.8. The number of piperidine rings is 1. The van der Waals surface area contributed by atoms with Crippen molar-refractivity contribution in [1.82, 2.24) is 30.1 Å². The summed E-state index contributed by atoms with van der Waals surface area (Å²) in [5.41, 5.74) is 1.06. The van der Waals surface area contributed by atoms with Gasteiger partial charge in [0.25, 0.3) is 5.91 Å². The summed E-state index contributed by atoms with van der Waals surface area (Å²) < 4.78 is 21.4. The van der Waals surface area contributed by atoms with E-state index in [1.807, 2.05) is 16.1 Å². The Hall–Kier alpha value is -2.50. The Labute approximate surface area is 215 Å². The Kier molecular flexibility index (Phi) is 8.97. The predicted octanol–water partition coefficient (Wildman–Crippen LogP) is 2.20. The lowest BCUT2D eigenvalue weighted by Crippen LogP contribution is -2.56. The minimum Gasteiger partial charge on any atom is -0.378 e. The largest absolute Gasteiger partial charge is 0.378 e. The molecule has 0 spiro atoms. The highest BCUT2D eigenvalue weighted by Crippen LogP contribution is 2.25. The molecule has 3 heterocycles. The van der Waals surface area contributed by atoms with E-state index in [4.69, 9.17) is 4.74 Å². The lowest BCUT2D eigenvalue weighted by molar-refractivity contribution is -0.140. The molecule has 2 fully saturated rings. The third kappa shape index (κ3) is 5.90. The zero-order valence-electron chi connectivity index (χ0n) is 21.2. The van der Waals surface area contributed by atoms with E-state index in [1.54, 1.807) is 18.2 Å². The summed E-state index contributed by atoms with van der Waals surface area (Å²) in [5, 5.41) is 11.8. The van der Waals surface area contributed by atoms with Crippen LogP contribution in [0.5, 0.6) is 0 Å². The highest BCUT2D eigenvalue weighted by atomic mass is 32.2. The van der Waals surface area contributed by atoms with Crippen LogP contribution in [-0.4, -0.2) is 94.8 Å². The summed E-state index contributed by atoms with van der Waals surface area (Å²) in [7, 11) is 0. The number of carbonyl (C=O) groups excluding carboxylic acids is 2. The zero-order valence-corrected chi connectivity index (χ0v) is 22.0. The number of carbonyl (C=O) groups is 2. The standard InChI is InChI=1S/C25H35FN6O3S/c1-17(2)15-31(19-12-18(13-27-14-19)24(33)30-8-10-35-11-9-30)25(34)23-22(16-36-3)32(29-28-23)21-7-5-4-6-20(21)26/h4-7,17-19,27H,8-16H2,1-3H3/t18-,19+/m1/s1. The molecule has 11 heteroatoms. The van der Waals surface area contributed by atoms with Crippen LogP contribution in [0.2, 0.25) is 0 Å². The van der Waals surface area contributed by atoms with Crippen molar-refractivity contribution in [2.24, 2.45) is 11.8 Å². The van der Waals surface area contributed by atoms with E-state index in [0.29, 0.717) is 63.8 Å². The van der Waals surface area contributed by atoms with Crippen LogP contribution in [0.25, 0.3) is 5.69 Å². The topological polar surface area (TPSA) is 92.6 Å². The average molecular weight is 519 g/mol. The number of hydrogen-bond acceptors (Lipinski definition) is 7. The molecule has 1 aromatic heterocycles. The van der Waals surface area contributed by atoms with E-state index >= 15 is 0 Å². The molecule has 36 heavy (non-hydrogen) atoms. The van der Waals surface area contributed by atoms with Gasteiger partial charge in [-0.3, -0.25) is 9.59 Å². The molecule has 0 aliphatic carbocycles. The van der Waals surface area contributed by atoms with Crippen molar-refractivity contribution >= 4 is 23.6 Å². The number of benzene rings is 1. The molecule has 1 aromatic carbocycles. The average Bonchev–Trinajstić information content (AvgIpc) is 3.30. The summed E-state index contributed by atoms with van der Waals surface area (Å²) in [6, 6.07) is 6.18. The number of aromatic nitrogens is 3. The fraction of sp³-hybridized carbons (Fsp3) is 0.600. The minimum atomic E-state index is -0.427. The smallest absolute Gasteiger partial charge is 0.276 e. The van der Waals surface area contributed by atoms with Gasteiger partial charge in [-0.15, -0.1) is 5.10 Å². The van der Waals surface area contributed by atoms with Crippen LogP contribution in [0.1, 0.15) is 36.5 Å². The van der Waals surface area contributed by atoms with Gasteiger partial charge in [0.1, 0.15) is 11.5 Å². The van der Waals surface area contributed by atoms with Crippen molar-refractivity contribution in [2.45, 2.75) is 32.1 Å². The molecule has 2 aliphatic rings. The molecule has 196 valence electrons. The third-order valence-corrected chi connectivity index (χ3v) is 7.15. The molecule has 2 atom stereocenters. The quantitative estimate of drug-likeness (QED) is 0.573. The molecule has 0 saturated carbocycles. The maximum absolute atomic E-state index is 14.6. The summed E-state index contributed by atoms with van der Waals surface area (Å²) in [6.07, 6.45) is 2.51. The van der Waals surface area contributed by atoms with Gasteiger partial charge in [-0.1, -0.05) is 31.2 Å². The molecular weight excluding hydrogens is 483 g/mol. The van der Waals surface area contributed by atoms with Gasteiger partial charge in [-0.25, -0.2) is 9.07 Å². The van der Waals surface area contributed by atoms with Crippen molar-refractivity contribution < 1.29 is 18.7 Å². The van der Waals surface area contributed by atoms with Gasteiger partial charge in [0.15, 0.2) is 5.69 Å². The van der Waals surface area contributed by atoms with Gasteiger partial charge in [-0.05, 0) is 30.7 Å². The molecule has 2 saturated heterocycles. The van der Waals surface area contributed by atoms with Gasteiger partial charge in [0, 0.05) is 44.5 Å². The van der Waals surface area contributed by atoms with Crippen molar-refractivity contribution in [3.63, 3.8) is 0 Å². The second kappa shape index (κ2) is 12.2. The summed E-state index contributed by atoms with van der Waals surface area (Å²) in [6.45, 7) is 8.17. The SMILES string of the molecule is CSCc1c(C(=O)N(CC(C)C)[C@@H]2CNC[C@H](C(=O)N3CCOCC3)C2)nnn1-c1ccccc1F. The first-order valence-corrected chi connectivity index (χ1v) is 13.9. The molecule has 1 N–H and O–H groups in total. The van der Waals surface area contributed by atoms with Crippen molar-refractivity contribution in [1.29, 1.82) is 0 Å². The fourth-order valence-electron chi connectivity index (χ4n) is 4.86. The number of nitrogens with zero attached hydrogens (tertiary/aromatic N) is 5. The second-order valence-electron chi connectivity index (χ2n) is 9.71. The van der Waals surface area contributed by atoms with E-state index in [2.05, 4.69) is 29.5 Å². The van der Waals surface area contributed by atoms with Crippen LogP contribution < -0.4 is 5.32 Å². The number of para-hydroxylation sites is 1. The molecule has 4 rings (SSSR count). The number of thioether (sulfide) groups is 1. The Morgan fingerprint density at radius 1 is 1.25 bits per heavy atom. The first-order chi connectivity index (χ1) is 17.4. The van der Waals surface area contributed by atoms with Crippen molar-refractivity contribution in [3.8, 4) is 5.69 Å². The minimum absolute atomic E-state index is 0.112. The van der Waals surface area contributed by atoms with Gasteiger partial charge in [0.05, 0.1) is 24.8 Å². The number of amides is 2. The van der Waals surface area contributed by atoms with Crippen LogP contribution in [0, 0.1) is 17.7 Å². The first-order valence-electron chi connectivity index (χ1n) is 12.5. The van der Waals surface area contributed by atoms with Gasteiger partial charge < -0.3 is 19.9 Å². The van der Waals surface area contributed by atoms with Crippen LogP contribution in [0.15, 0.2) is 24.3 Å². The number of morpholine rings is 1. The highest BCUT2D eigenvalue weighted by molar-refractivity contribution is 7.97. The molecule has 2 aliphatic heterocycles. The molecule has 2 amide bonds. The molecule has 9 nitrogen and oxygen atoms in total. The first kappa shape index (κ1) is 26.6. The maximum atomic E-state index is 14.6. The Morgan fingerprint density at radius 2 is 2.00 bits per heavy atom. The third-order valence-electron chi connectivity index (χ3n) is 6.59. The maximum Gasteiger partial charge on any atom is 0.276 e. The number of ether oxygens (including phenoxy) is 1. The lowest BCUT2D eigenvalue weighted by Gasteiger charge is -2.40. The van der Waals surface area contributed by atoms with Gasteiger partial charge in [0.2, 0.25) is 5.91 Å². The number of nitrogens with one attached hydrogen (secondary N) is 1. The van der Waals surface area contributed by atoms with E-state index in [0.717, 1.165) is 0 Å². The fourth-order valence-corrected chi connectivity index (χ4v) is 5.40. The van der Waals surface area contributed by atoms with Gasteiger partial charge in [-0.2, -0.15) is 11.8 Å². The summed E-state index contributed by atoms with van der Waals surface area (Å²) >= 11 is 1.52. The van der Waals surface area contributed by atoms with Crippen LogP contribution >= 0.6 is 11.8 Å². The van der Waals surface area contributed by atoms with E-state index in [9.17, 15) is 14.0 Å².